The van der Waals surface area contributed by atoms with Crippen molar-refractivity contribution in [1.82, 2.24) is 20.1 Å². The fourth-order valence-corrected chi connectivity index (χ4v) is 5.12. The second-order valence-corrected chi connectivity index (χ2v) is 10.1. The van der Waals surface area contributed by atoms with Gasteiger partial charge in [0.05, 0.1) is 23.8 Å². The molecule has 1 amide bonds. The first-order chi connectivity index (χ1) is 18.3. The molecule has 196 valence electrons. The van der Waals surface area contributed by atoms with Crippen LogP contribution in [0.25, 0.3) is 38.6 Å². The molecular weight excluding hydrogens is 483 g/mol. The standard InChI is InChI=1S/C30H31FN4O3/c1-30(2,18-38-3)28-27(19-5-7-20(8-6-19)29(37)32-13-4-14-36)24-16-25-21(17-33-34-25)15-26(24)35(28)23-11-9-22(31)10-12-23/h5-12,15-17,36H,4,13-14,18H2,1-3H3,(H,32,37)(H,33,34). The number of fused-ring (bicyclic) bond motifs is 2. The molecule has 0 radical (unpaired) electrons. The molecule has 8 heteroatoms. The van der Waals surface area contributed by atoms with Gasteiger partial charge in [0.25, 0.3) is 5.91 Å². The first-order valence-corrected chi connectivity index (χ1v) is 12.6. The third kappa shape index (κ3) is 4.68. The zero-order valence-electron chi connectivity index (χ0n) is 21.7. The number of nitrogens with zero attached hydrogens (tertiary/aromatic N) is 2. The number of ether oxygens (including phenoxy) is 1. The summed E-state index contributed by atoms with van der Waals surface area (Å²) in [4.78, 5) is 12.6. The minimum Gasteiger partial charge on any atom is -0.396 e. The van der Waals surface area contributed by atoms with Gasteiger partial charge in [-0.1, -0.05) is 26.0 Å². The summed E-state index contributed by atoms with van der Waals surface area (Å²) in [6.45, 7) is 5.16. The number of amides is 1. The van der Waals surface area contributed by atoms with E-state index in [2.05, 4.69) is 46.1 Å². The zero-order chi connectivity index (χ0) is 26.9. The Hall–Kier alpha value is -4.01. The van der Waals surface area contributed by atoms with Gasteiger partial charge in [-0.25, -0.2) is 4.39 Å². The van der Waals surface area contributed by atoms with Gasteiger partial charge in [0.2, 0.25) is 0 Å². The second kappa shape index (κ2) is 10.4. The van der Waals surface area contributed by atoms with Gasteiger partial charge in [0.1, 0.15) is 5.82 Å². The van der Waals surface area contributed by atoms with Gasteiger partial charge >= 0.3 is 0 Å². The summed E-state index contributed by atoms with van der Waals surface area (Å²) in [6, 6.07) is 18.2. The van der Waals surface area contributed by atoms with Crippen molar-refractivity contribution in [3.63, 3.8) is 0 Å². The van der Waals surface area contributed by atoms with E-state index in [4.69, 9.17) is 9.84 Å². The Bertz CT molecular complexity index is 1580. The predicted molar refractivity (Wildman–Crippen MR) is 147 cm³/mol. The van der Waals surface area contributed by atoms with E-state index in [-0.39, 0.29) is 18.3 Å². The van der Waals surface area contributed by atoms with Crippen LogP contribution in [-0.2, 0) is 10.2 Å². The molecule has 7 nitrogen and oxygen atoms in total. The molecule has 0 saturated heterocycles. The Balaban J connectivity index is 1.77. The summed E-state index contributed by atoms with van der Waals surface area (Å²) < 4.78 is 21.8. The molecule has 2 heterocycles. The first-order valence-electron chi connectivity index (χ1n) is 12.6. The molecule has 0 atom stereocenters. The second-order valence-electron chi connectivity index (χ2n) is 10.1. The molecule has 3 N–H and O–H groups in total. The highest BCUT2D eigenvalue weighted by molar-refractivity contribution is 6.06. The van der Waals surface area contributed by atoms with Crippen LogP contribution in [0, 0.1) is 5.82 Å². The van der Waals surface area contributed by atoms with E-state index < -0.39 is 5.41 Å². The van der Waals surface area contributed by atoms with Gasteiger partial charge in [0, 0.05) is 59.0 Å². The van der Waals surface area contributed by atoms with E-state index >= 15 is 0 Å². The molecule has 0 fully saturated rings. The van der Waals surface area contributed by atoms with Crippen molar-refractivity contribution in [2.24, 2.45) is 0 Å². The number of benzene rings is 3. The SMILES string of the molecule is COCC(C)(C)c1c(-c2ccc(C(=O)NCCCO)cc2)c2cc3[nH]ncc3cc2n1-c1ccc(F)cc1. The average Bonchev–Trinajstić information content (AvgIpc) is 3.50. The highest BCUT2D eigenvalue weighted by Crippen LogP contribution is 2.44. The van der Waals surface area contributed by atoms with Crippen LogP contribution in [-0.4, -0.2) is 52.6 Å². The van der Waals surface area contributed by atoms with Crippen LogP contribution in [0.2, 0.25) is 0 Å². The summed E-state index contributed by atoms with van der Waals surface area (Å²) >= 11 is 0. The fraction of sp³-hybridized carbons (Fsp3) is 0.267. The third-order valence-corrected chi connectivity index (χ3v) is 6.81. The maximum atomic E-state index is 13.9. The molecule has 0 spiro atoms. The van der Waals surface area contributed by atoms with E-state index in [1.54, 1.807) is 25.4 Å². The number of carbonyl (C=O) groups is 1. The van der Waals surface area contributed by atoms with Crippen LogP contribution in [0.3, 0.4) is 0 Å². The number of aromatic nitrogens is 3. The summed E-state index contributed by atoms with van der Waals surface area (Å²) in [6.07, 6.45) is 2.30. The number of methoxy groups -OCH3 is 1. The lowest BCUT2D eigenvalue weighted by atomic mass is 9.84. The fourth-order valence-electron chi connectivity index (χ4n) is 5.12. The van der Waals surface area contributed by atoms with Gasteiger partial charge in [-0.05, 0) is 60.5 Å². The van der Waals surface area contributed by atoms with Crippen molar-refractivity contribution < 1.29 is 19.0 Å². The minimum absolute atomic E-state index is 0.0287. The Labute approximate surface area is 220 Å². The maximum absolute atomic E-state index is 13.9. The smallest absolute Gasteiger partial charge is 0.251 e. The Morgan fingerprint density at radius 3 is 2.55 bits per heavy atom. The minimum atomic E-state index is -0.427. The number of hydrogen-bond acceptors (Lipinski definition) is 4. The molecule has 3 aromatic carbocycles. The Morgan fingerprint density at radius 2 is 1.87 bits per heavy atom. The lowest BCUT2D eigenvalue weighted by Crippen LogP contribution is -2.27. The van der Waals surface area contributed by atoms with E-state index in [1.807, 2.05) is 24.3 Å². The Kier molecular flexibility index (Phi) is 7.01. The first kappa shape index (κ1) is 25.6. The molecule has 0 bridgehead atoms. The van der Waals surface area contributed by atoms with Crippen LogP contribution in [0.15, 0.2) is 66.9 Å². The third-order valence-electron chi connectivity index (χ3n) is 6.81. The van der Waals surface area contributed by atoms with Crippen LogP contribution in [0.5, 0.6) is 0 Å². The monoisotopic (exact) mass is 514 g/mol. The van der Waals surface area contributed by atoms with E-state index in [0.29, 0.717) is 25.1 Å². The molecular formula is C30H31FN4O3. The number of hydrogen-bond donors (Lipinski definition) is 3. The molecule has 5 rings (SSSR count). The lowest BCUT2D eigenvalue weighted by molar-refractivity contribution is 0.0951. The van der Waals surface area contributed by atoms with E-state index in [9.17, 15) is 9.18 Å². The summed E-state index contributed by atoms with van der Waals surface area (Å²) in [5.74, 6) is -0.480. The molecule has 0 saturated carbocycles. The van der Waals surface area contributed by atoms with E-state index in [1.165, 1.54) is 12.1 Å². The molecule has 0 aliphatic carbocycles. The number of nitrogens with one attached hydrogen (secondary N) is 2. The van der Waals surface area contributed by atoms with Gasteiger partial charge in [-0.15, -0.1) is 0 Å². The van der Waals surface area contributed by atoms with Gasteiger partial charge in [-0.2, -0.15) is 5.10 Å². The van der Waals surface area contributed by atoms with Crippen LogP contribution in [0.1, 0.15) is 36.3 Å². The largest absolute Gasteiger partial charge is 0.396 e. The highest BCUT2D eigenvalue weighted by atomic mass is 19.1. The van der Waals surface area contributed by atoms with Gasteiger partial charge in [0.15, 0.2) is 0 Å². The van der Waals surface area contributed by atoms with Crippen molar-refractivity contribution in [2.75, 3.05) is 26.9 Å². The summed E-state index contributed by atoms with van der Waals surface area (Å²) in [7, 11) is 1.69. The highest BCUT2D eigenvalue weighted by Gasteiger charge is 2.32. The van der Waals surface area contributed by atoms with Crippen LogP contribution < -0.4 is 5.32 Å². The molecule has 2 aromatic heterocycles. The number of aliphatic hydroxyl groups is 1. The number of aromatic amines is 1. The molecule has 5 aromatic rings. The van der Waals surface area contributed by atoms with Crippen molar-refractivity contribution in [1.29, 1.82) is 0 Å². The zero-order valence-corrected chi connectivity index (χ0v) is 21.7. The molecule has 0 unspecified atom stereocenters. The predicted octanol–water partition coefficient (Wildman–Crippen LogP) is 5.35. The van der Waals surface area contributed by atoms with Crippen molar-refractivity contribution in [2.45, 2.75) is 25.7 Å². The molecule has 0 aliphatic rings. The topological polar surface area (TPSA) is 92.2 Å². The average molecular weight is 515 g/mol. The lowest BCUT2D eigenvalue weighted by Gasteiger charge is -2.28. The van der Waals surface area contributed by atoms with Gasteiger partial charge < -0.3 is 19.7 Å². The maximum Gasteiger partial charge on any atom is 0.251 e. The number of carbonyl (C=O) groups excluding carboxylic acids is 1. The summed E-state index contributed by atoms with van der Waals surface area (Å²) in [5.41, 5.74) is 5.80. The van der Waals surface area contributed by atoms with Crippen LogP contribution >= 0.6 is 0 Å². The quantitative estimate of drug-likeness (QED) is 0.231. The molecule has 0 aliphatic heterocycles. The van der Waals surface area contributed by atoms with Crippen molar-refractivity contribution in [3.05, 3.63) is 83.9 Å². The van der Waals surface area contributed by atoms with E-state index in [0.717, 1.165) is 44.3 Å². The number of aliphatic hydroxyl groups excluding tert-OH is 1. The number of H-pyrrole nitrogens is 1. The normalized spacial score (nSPS) is 11.9. The number of rotatable bonds is 9. The van der Waals surface area contributed by atoms with Gasteiger partial charge in [-0.3, -0.25) is 9.89 Å². The molecule has 38 heavy (non-hydrogen) atoms. The number of halogens is 1. The Morgan fingerprint density at radius 1 is 1.13 bits per heavy atom. The van der Waals surface area contributed by atoms with Crippen LogP contribution in [0.4, 0.5) is 4.39 Å². The summed E-state index contributed by atoms with van der Waals surface area (Å²) in [5, 5.41) is 21.1. The van der Waals surface area contributed by atoms with Crippen molar-refractivity contribution in [3.8, 4) is 16.8 Å². The van der Waals surface area contributed by atoms with Crippen molar-refractivity contribution >= 4 is 27.7 Å².